The van der Waals surface area contributed by atoms with Crippen LogP contribution in [0.2, 0.25) is 0 Å². The first-order valence-corrected chi connectivity index (χ1v) is 5.08. The van der Waals surface area contributed by atoms with Crippen molar-refractivity contribution in [2.45, 2.75) is 25.8 Å². The summed E-state index contributed by atoms with van der Waals surface area (Å²) in [4.78, 5) is 0. The highest BCUT2D eigenvalue weighted by Crippen LogP contribution is 2.39. The molecular weight excluding hydrogens is 207 g/mol. The molecule has 1 nitrogen and oxygen atoms in total. The van der Waals surface area contributed by atoms with Gasteiger partial charge in [-0.2, -0.15) is 0 Å². The average molecular weight is 221 g/mol. The summed E-state index contributed by atoms with van der Waals surface area (Å²) < 4.78 is 0. The summed E-state index contributed by atoms with van der Waals surface area (Å²) in [6, 6.07) is 0. The van der Waals surface area contributed by atoms with Crippen LogP contribution >= 0.6 is 23.2 Å². The third-order valence-electron chi connectivity index (χ3n) is 2.31. The van der Waals surface area contributed by atoms with Crippen LogP contribution in [0, 0.1) is 11.8 Å². The summed E-state index contributed by atoms with van der Waals surface area (Å²) in [7, 11) is 0. The summed E-state index contributed by atoms with van der Waals surface area (Å²) in [5, 5.41) is 9.28. The van der Waals surface area contributed by atoms with E-state index in [-0.39, 0.29) is 11.8 Å². The van der Waals surface area contributed by atoms with E-state index in [0.29, 0.717) is 5.03 Å². The van der Waals surface area contributed by atoms with Gasteiger partial charge in [-0.1, -0.05) is 43.1 Å². The van der Waals surface area contributed by atoms with Gasteiger partial charge in [0.1, 0.15) is 0 Å². The van der Waals surface area contributed by atoms with Gasteiger partial charge in [-0.05, 0) is 24.5 Å². The van der Waals surface area contributed by atoms with Gasteiger partial charge in [0.2, 0.25) is 0 Å². The predicted octanol–water partition coefficient (Wildman–Crippen LogP) is 3.27. The van der Waals surface area contributed by atoms with Crippen LogP contribution in [0.4, 0.5) is 0 Å². The monoisotopic (exact) mass is 220 g/mol. The number of aliphatic hydroxyl groups is 1. The van der Waals surface area contributed by atoms with Crippen molar-refractivity contribution in [1.82, 2.24) is 0 Å². The van der Waals surface area contributed by atoms with Crippen LogP contribution in [0.25, 0.3) is 0 Å². The molecule has 1 aliphatic carbocycles. The molecular formula is C10H14Cl2O. The smallest absolute Gasteiger partial charge is 0.164 e. The molecule has 0 saturated heterocycles. The van der Waals surface area contributed by atoms with Crippen molar-refractivity contribution in [3.63, 3.8) is 0 Å². The fourth-order valence-electron chi connectivity index (χ4n) is 1.53. The Morgan fingerprint density at radius 1 is 1.54 bits per heavy atom. The Kier molecular flexibility index (Phi) is 3.11. The summed E-state index contributed by atoms with van der Waals surface area (Å²) in [5.41, 5.74) is 0.830. The van der Waals surface area contributed by atoms with E-state index in [4.69, 9.17) is 23.2 Å². The number of rotatable bonds is 1. The molecule has 0 radical (unpaired) electrons. The van der Waals surface area contributed by atoms with Crippen molar-refractivity contribution in [3.8, 4) is 0 Å². The van der Waals surface area contributed by atoms with E-state index in [2.05, 4.69) is 0 Å². The highest BCUT2D eigenvalue weighted by Gasteiger charge is 2.36. The molecule has 0 spiro atoms. The maximum absolute atomic E-state index is 9.88. The first-order valence-electron chi connectivity index (χ1n) is 4.33. The van der Waals surface area contributed by atoms with E-state index in [1.165, 1.54) is 0 Å². The molecule has 0 aromatic carbocycles. The van der Waals surface area contributed by atoms with Crippen molar-refractivity contribution in [2.24, 2.45) is 11.8 Å². The van der Waals surface area contributed by atoms with Crippen molar-refractivity contribution >= 4 is 23.2 Å². The minimum Gasteiger partial charge on any atom is -0.371 e. The number of hydrogen-bond acceptors (Lipinski definition) is 1. The van der Waals surface area contributed by atoms with Gasteiger partial charge >= 0.3 is 0 Å². The number of hydrogen-bond donors (Lipinski definition) is 1. The number of allylic oxidation sites excluding steroid dienone is 2. The highest BCUT2D eigenvalue weighted by molar-refractivity contribution is 6.32. The SMILES string of the molecule is CC1=CC(O)(Cl)C(C(C)C)C=C1Cl. The minimum atomic E-state index is -1.28. The lowest BCUT2D eigenvalue weighted by Gasteiger charge is -2.32. The second-order valence-electron chi connectivity index (χ2n) is 3.84. The molecule has 1 aliphatic rings. The van der Waals surface area contributed by atoms with E-state index < -0.39 is 5.06 Å². The molecule has 0 heterocycles. The molecule has 3 heteroatoms. The molecule has 1 N–H and O–H groups in total. The molecule has 2 atom stereocenters. The van der Waals surface area contributed by atoms with E-state index in [0.717, 1.165) is 5.57 Å². The lowest BCUT2D eigenvalue weighted by atomic mass is 9.85. The fraction of sp³-hybridized carbons (Fsp3) is 0.600. The van der Waals surface area contributed by atoms with Gasteiger partial charge in [0.15, 0.2) is 5.06 Å². The van der Waals surface area contributed by atoms with Crippen molar-refractivity contribution in [2.75, 3.05) is 0 Å². The Balaban J connectivity index is 3.02. The van der Waals surface area contributed by atoms with Crippen LogP contribution in [-0.4, -0.2) is 10.2 Å². The largest absolute Gasteiger partial charge is 0.371 e. The van der Waals surface area contributed by atoms with E-state index in [1.807, 2.05) is 26.8 Å². The molecule has 74 valence electrons. The van der Waals surface area contributed by atoms with Gasteiger partial charge in [-0.25, -0.2) is 0 Å². The standard InChI is InChI=1S/C10H14Cl2O/c1-6(2)8-4-9(11)7(3)5-10(8,12)13/h4-6,8,13H,1-3H3. The Morgan fingerprint density at radius 2 is 2.08 bits per heavy atom. The van der Waals surface area contributed by atoms with Crippen LogP contribution in [-0.2, 0) is 0 Å². The first-order chi connectivity index (χ1) is 5.84. The lowest BCUT2D eigenvalue weighted by molar-refractivity contribution is 0.106. The molecule has 0 amide bonds. The molecule has 0 saturated carbocycles. The maximum Gasteiger partial charge on any atom is 0.164 e. The Morgan fingerprint density at radius 3 is 2.54 bits per heavy atom. The maximum atomic E-state index is 9.88. The van der Waals surface area contributed by atoms with Crippen LogP contribution in [0.5, 0.6) is 0 Å². The van der Waals surface area contributed by atoms with E-state index >= 15 is 0 Å². The van der Waals surface area contributed by atoms with Crippen molar-refractivity contribution in [1.29, 1.82) is 0 Å². The van der Waals surface area contributed by atoms with Crippen LogP contribution in [0.3, 0.4) is 0 Å². The molecule has 0 fully saturated rings. The zero-order chi connectivity index (χ0) is 10.2. The third-order valence-corrected chi connectivity index (χ3v) is 3.09. The molecule has 13 heavy (non-hydrogen) atoms. The van der Waals surface area contributed by atoms with E-state index in [1.54, 1.807) is 6.08 Å². The minimum absolute atomic E-state index is 0.120. The van der Waals surface area contributed by atoms with Crippen molar-refractivity contribution in [3.05, 3.63) is 22.8 Å². The summed E-state index contributed by atoms with van der Waals surface area (Å²) in [6.07, 6.45) is 3.44. The average Bonchev–Trinajstić information content (AvgIpc) is 1.95. The lowest BCUT2D eigenvalue weighted by Crippen LogP contribution is -2.34. The quantitative estimate of drug-likeness (QED) is 0.673. The number of halogens is 2. The second kappa shape index (κ2) is 3.64. The van der Waals surface area contributed by atoms with Crippen LogP contribution in [0.1, 0.15) is 20.8 Å². The molecule has 0 aliphatic heterocycles. The van der Waals surface area contributed by atoms with Gasteiger partial charge in [-0.15, -0.1) is 0 Å². The van der Waals surface area contributed by atoms with E-state index in [9.17, 15) is 5.11 Å². The third kappa shape index (κ3) is 2.28. The summed E-state index contributed by atoms with van der Waals surface area (Å²) in [5.74, 6) is 0.144. The first kappa shape index (κ1) is 11.1. The Bertz CT molecular complexity index is 264. The molecule has 0 aromatic rings. The van der Waals surface area contributed by atoms with Gasteiger partial charge < -0.3 is 5.11 Å². The molecule has 0 bridgehead atoms. The van der Waals surface area contributed by atoms with Gasteiger partial charge in [0, 0.05) is 11.0 Å². The summed E-state index contributed by atoms with van der Waals surface area (Å²) >= 11 is 11.9. The zero-order valence-electron chi connectivity index (χ0n) is 8.01. The van der Waals surface area contributed by atoms with Crippen molar-refractivity contribution < 1.29 is 5.11 Å². The summed E-state index contributed by atoms with van der Waals surface area (Å²) in [6.45, 7) is 5.85. The molecule has 0 aromatic heterocycles. The zero-order valence-corrected chi connectivity index (χ0v) is 9.52. The Hall–Kier alpha value is 0.0200. The predicted molar refractivity (Wildman–Crippen MR) is 56.8 cm³/mol. The van der Waals surface area contributed by atoms with Gasteiger partial charge in [-0.3, -0.25) is 0 Å². The topological polar surface area (TPSA) is 20.2 Å². The number of alkyl halides is 1. The second-order valence-corrected chi connectivity index (χ2v) is 4.85. The highest BCUT2D eigenvalue weighted by atomic mass is 35.5. The van der Waals surface area contributed by atoms with Gasteiger partial charge in [0.05, 0.1) is 0 Å². The fourth-order valence-corrected chi connectivity index (χ4v) is 2.20. The van der Waals surface area contributed by atoms with Gasteiger partial charge in [0.25, 0.3) is 0 Å². The molecule has 1 rings (SSSR count). The molecule has 2 unspecified atom stereocenters. The Labute approximate surface area is 89.0 Å². The van der Waals surface area contributed by atoms with Crippen LogP contribution in [0.15, 0.2) is 22.8 Å². The normalized spacial score (nSPS) is 34.5. The van der Waals surface area contributed by atoms with Crippen LogP contribution < -0.4 is 0 Å².